The van der Waals surface area contributed by atoms with Crippen molar-refractivity contribution in [3.63, 3.8) is 0 Å². The van der Waals surface area contributed by atoms with Crippen molar-refractivity contribution in [1.29, 1.82) is 0 Å². The van der Waals surface area contributed by atoms with E-state index in [-0.39, 0.29) is 125 Å². The van der Waals surface area contributed by atoms with E-state index in [1.165, 1.54) is 0 Å². The number of para-hydroxylation sites is 4. The zero-order valence-corrected chi connectivity index (χ0v) is 70.9. The minimum atomic E-state index is -0.940. The van der Waals surface area contributed by atoms with Gasteiger partial charge in [-0.05, 0) is 109 Å². The van der Waals surface area contributed by atoms with Crippen molar-refractivity contribution < 1.29 is 155 Å². The van der Waals surface area contributed by atoms with Gasteiger partial charge in [-0.15, -0.1) is 48.5 Å². The molecule has 17 nitrogen and oxygen atoms in total. The number of hydrogen-bond donors (Lipinski definition) is 4. The summed E-state index contributed by atoms with van der Waals surface area (Å²) in [6.45, 7) is 3.76. The molecule has 602 valence electrons. The second-order valence-corrected chi connectivity index (χ2v) is 23.9. The van der Waals surface area contributed by atoms with Crippen LogP contribution in [0.3, 0.4) is 0 Å². The first-order chi connectivity index (χ1) is 54.3. The molecular weight excluding hydrogens is 2230 g/mol. The van der Waals surface area contributed by atoms with E-state index in [0.29, 0.717) is 44.8 Å². The van der Waals surface area contributed by atoms with Crippen LogP contribution in [0, 0.1) is 84.7 Å². The van der Waals surface area contributed by atoms with E-state index in [4.69, 9.17) is 20.4 Å². The third-order valence-electron chi connectivity index (χ3n) is 15.7. The van der Waals surface area contributed by atoms with Crippen molar-refractivity contribution in [2.24, 2.45) is 0 Å². The van der Waals surface area contributed by atoms with Crippen LogP contribution in [0.2, 0.25) is 0 Å². The van der Waals surface area contributed by atoms with E-state index in [1.807, 2.05) is 99.6 Å². The van der Waals surface area contributed by atoms with Gasteiger partial charge in [-0.3, -0.25) is 55.1 Å². The number of fused-ring (bicyclic) bond motifs is 4. The average molecular weight is 2290 g/mol. The monoisotopic (exact) mass is 2300 g/mol. The number of pyridine rings is 8. The Balaban J connectivity index is 0.000000238. The Bertz CT molecular complexity index is 5590. The molecule has 0 atom stereocenters. The number of aromatic nitrogens is 8. The fourth-order valence-electron chi connectivity index (χ4n) is 10.4. The third kappa shape index (κ3) is 27.5. The summed E-state index contributed by atoms with van der Waals surface area (Å²) in [7, 11) is 3.76. The number of aromatic carboxylic acids is 4. The van der Waals surface area contributed by atoms with Gasteiger partial charge in [-0.2, -0.15) is 0 Å². The van der Waals surface area contributed by atoms with Crippen LogP contribution >= 0.6 is 0 Å². The topological polar surface area (TPSA) is 256 Å². The molecule has 0 fully saturated rings. The van der Waals surface area contributed by atoms with E-state index in [9.17, 15) is 54.3 Å². The van der Waals surface area contributed by atoms with Crippen LogP contribution < -0.4 is 4.90 Å². The molecule has 0 amide bonds. The van der Waals surface area contributed by atoms with Crippen molar-refractivity contribution >= 4 is 73.2 Å². The molecule has 8 aromatic heterocycles. The first-order valence-electron chi connectivity index (χ1n) is 33.5. The number of rotatable bonds is 9. The summed E-state index contributed by atoms with van der Waals surface area (Å²) in [4.78, 5) is 77.1. The van der Waals surface area contributed by atoms with Crippen LogP contribution in [0.25, 0.3) is 88.6 Å². The first kappa shape index (κ1) is 95.3. The molecule has 29 heteroatoms. The molecule has 0 saturated heterocycles. The summed E-state index contributed by atoms with van der Waals surface area (Å²) in [6.07, 6.45) is 12.7. The molecule has 4 radical (unpaired) electrons. The predicted octanol–water partition coefficient (Wildman–Crippen LogP) is 19.7. The number of anilines is 1. The summed E-state index contributed by atoms with van der Waals surface area (Å²) in [5.41, 5.74) is 8.56. The van der Waals surface area contributed by atoms with Crippen molar-refractivity contribution in [2.45, 2.75) is 13.8 Å². The summed E-state index contributed by atoms with van der Waals surface area (Å²) in [5, 5.41) is 38.8. The zero-order valence-electron chi connectivity index (χ0n) is 61.3. The Morgan fingerprint density at radius 2 is 0.547 bits per heavy atom. The first-order valence-corrected chi connectivity index (χ1v) is 33.5. The number of carbonyl (C=O) groups is 4. The third-order valence-corrected chi connectivity index (χ3v) is 15.7. The van der Waals surface area contributed by atoms with Gasteiger partial charge in [-0.25, -0.2) is 19.2 Å². The second-order valence-electron chi connectivity index (χ2n) is 23.9. The van der Waals surface area contributed by atoms with Crippen LogP contribution in [0.4, 0.5) is 40.8 Å². The average Bonchev–Trinajstić information content (AvgIpc) is 0.829. The van der Waals surface area contributed by atoms with Gasteiger partial charge in [0.1, 0.15) is 0 Å². The molecule has 0 bridgehead atoms. The van der Waals surface area contributed by atoms with Crippen molar-refractivity contribution in [3.05, 3.63) is 378 Å². The molecule has 0 aliphatic rings. The summed E-state index contributed by atoms with van der Waals surface area (Å²) < 4.78 is 104. The molecule has 8 aromatic carbocycles. The fraction of sp³-hybridized carbons (Fsp3) is 0.0455. The van der Waals surface area contributed by atoms with Crippen LogP contribution in [0.1, 0.15) is 52.6 Å². The Labute approximate surface area is 718 Å². The molecule has 0 unspecified atom stereocenters. The van der Waals surface area contributed by atoms with E-state index < -0.39 is 70.4 Å². The molecule has 4 N–H and O–H groups in total. The standard InChI is InChI=1S/C13H11F2N2.2C12H8F2N.C11H6F2N.4C10H7NO2.4Ir/c1-17(2)10-5-6-16-13(8-10)11-4-3-9(14)7-12(11)15;2*1-8-4-5-15-12(6-8)10-3-2-9(13)7-11(10)14;12-8-4-5-9(10(13)7-8)11-3-1-2-6-14-11;4*12-10(13)8-5-1-3-7-4-2-6-11-9(7)8;;;;/h3,5-8H,1-2H3;2*2,4-7H,1H3;1-4,6-7H;4*1-6H,(H,12,13);;;;/q4*-1;;;;;;;;. The SMILES string of the molecule is CN(C)c1ccnc(-c2[c-]cc(F)cc2F)c1.Cc1ccnc(-c2[c-]cc(F)cc2F)c1.Cc1ccnc(-c2[c-]cc(F)cc2F)c1.Fc1c[c-]c(-c2ccccn2)c(F)c1.O=C(O)c1cccc2cccnc12.O=C(O)c1cccc2cccnc12.O=C(O)c1cccc2cccnc12.O=C(O)c1cccc2cccnc12.[Ir].[Ir].[Ir].[Ir]. The van der Waals surface area contributed by atoms with Gasteiger partial charge in [0.25, 0.3) is 0 Å². The molecule has 16 rings (SSSR count). The van der Waals surface area contributed by atoms with E-state index >= 15 is 0 Å². The van der Waals surface area contributed by atoms with Gasteiger partial charge in [0.2, 0.25) is 0 Å². The molecule has 0 aliphatic carbocycles. The second kappa shape index (κ2) is 46.9. The molecule has 0 spiro atoms. The Morgan fingerprint density at radius 1 is 0.291 bits per heavy atom. The Morgan fingerprint density at radius 3 is 0.803 bits per heavy atom. The maximum absolute atomic E-state index is 13.5. The normalized spacial score (nSPS) is 9.88. The van der Waals surface area contributed by atoms with Gasteiger partial charge in [-0.1, -0.05) is 161 Å². The summed E-state index contributed by atoms with van der Waals surface area (Å²) in [6, 6.07) is 68.5. The number of carboxylic acids is 4. The number of carboxylic acid groups (broad SMARTS) is 4. The number of hydrogen-bond acceptors (Lipinski definition) is 13. The van der Waals surface area contributed by atoms with Crippen LogP contribution in [-0.2, 0) is 80.4 Å². The Kier molecular flexibility index (Phi) is 38.2. The Hall–Kier alpha value is -12.3. The van der Waals surface area contributed by atoms with Gasteiger partial charge in [0.15, 0.2) is 0 Å². The molecular formula is C88H61F8Ir4N9O8-4. The van der Waals surface area contributed by atoms with Crippen molar-refractivity contribution in [1.82, 2.24) is 39.9 Å². The van der Waals surface area contributed by atoms with Gasteiger partial charge in [0.05, 0.1) is 44.3 Å². The largest absolute Gasteiger partial charge is 0.478 e. The minimum absolute atomic E-state index is 0. The predicted molar refractivity (Wildman–Crippen MR) is 412 cm³/mol. The van der Waals surface area contributed by atoms with Crippen molar-refractivity contribution in [2.75, 3.05) is 19.0 Å². The van der Waals surface area contributed by atoms with Crippen molar-refractivity contribution in [3.8, 4) is 45.0 Å². The molecule has 0 aliphatic heterocycles. The summed E-state index contributed by atoms with van der Waals surface area (Å²) in [5.74, 6) is -8.91. The van der Waals surface area contributed by atoms with Crippen LogP contribution in [0.15, 0.2) is 274 Å². The van der Waals surface area contributed by atoms with Gasteiger partial charge < -0.3 is 45.3 Å². The van der Waals surface area contributed by atoms with Gasteiger partial charge >= 0.3 is 23.9 Å². The molecule has 117 heavy (non-hydrogen) atoms. The van der Waals surface area contributed by atoms with E-state index in [0.717, 1.165) is 86.9 Å². The smallest absolute Gasteiger partial charge is 0.337 e. The maximum Gasteiger partial charge on any atom is 0.337 e. The van der Waals surface area contributed by atoms with Crippen LogP contribution in [0.5, 0.6) is 0 Å². The van der Waals surface area contributed by atoms with Gasteiger partial charge in [0, 0.05) is 218 Å². The molecule has 16 aromatic rings. The number of nitrogens with zero attached hydrogens (tertiary/aromatic N) is 9. The molecule has 0 saturated carbocycles. The number of halogens is 8. The zero-order chi connectivity index (χ0) is 81.1. The fourth-order valence-corrected chi connectivity index (χ4v) is 10.4. The maximum atomic E-state index is 13.5. The summed E-state index contributed by atoms with van der Waals surface area (Å²) >= 11 is 0. The quantitative estimate of drug-likeness (QED) is 0.0774. The van der Waals surface area contributed by atoms with Crippen LogP contribution in [-0.4, -0.2) is 98.3 Å². The number of aryl methyl sites for hydroxylation is 2. The van der Waals surface area contributed by atoms with E-state index in [1.54, 1.807) is 159 Å². The minimum Gasteiger partial charge on any atom is -0.478 e. The van der Waals surface area contributed by atoms with E-state index in [2.05, 4.69) is 64.1 Å². The number of benzene rings is 8. The molecule has 8 heterocycles.